The molecule has 102 valence electrons. The average molecular weight is 264 g/mol. The Morgan fingerprint density at radius 2 is 1.95 bits per heavy atom. The fraction of sp³-hybridized carbons (Fsp3) is 0.533. The van der Waals surface area contributed by atoms with E-state index in [0.717, 1.165) is 31.7 Å². The highest BCUT2D eigenvalue weighted by atomic mass is 19.2. The average Bonchev–Trinajstić information content (AvgIpc) is 2.65. The Balaban J connectivity index is 1.96. The lowest BCUT2D eigenvalue weighted by atomic mass is 9.96. The quantitative estimate of drug-likeness (QED) is 0.848. The van der Waals surface area contributed by atoms with Crippen LogP contribution in [-0.4, -0.2) is 6.04 Å². The predicted molar refractivity (Wildman–Crippen MR) is 69.2 cm³/mol. The number of halogens is 2. The van der Waals surface area contributed by atoms with E-state index < -0.39 is 11.6 Å². The second kappa shape index (κ2) is 6.63. The van der Waals surface area contributed by atoms with Gasteiger partial charge in [0.1, 0.15) is 0 Å². The molecule has 4 heteroatoms. The molecule has 1 aromatic rings. The molecule has 0 amide bonds. The number of benzene rings is 1. The molecule has 2 atom stereocenters. The minimum Gasteiger partial charge on any atom is -0.309 e. The molecule has 1 aliphatic rings. The monoisotopic (exact) mass is 264 g/mol. The van der Waals surface area contributed by atoms with Crippen molar-refractivity contribution in [3.8, 4) is 6.07 Å². The van der Waals surface area contributed by atoms with Crippen molar-refractivity contribution in [2.24, 2.45) is 5.92 Å². The maximum absolute atomic E-state index is 13.1. The zero-order chi connectivity index (χ0) is 13.7. The summed E-state index contributed by atoms with van der Waals surface area (Å²) in [6, 6.07) is 6.43. The van der Waals surface area contributed by atoms with E-state index in [9.17, 15) is 8.78 Å². The molecule has 1 aliphatic carbocycles. The lowest BCUT2D eigenvalue weighted by Gasteiger charge is -2.21. The lowest BCUT2D eigenvalue weighted by molar-refractivity contribution is 0.393. The van der Waals surface area contributed by atoms with Gasteiger partial charge in [-0.3, -0.25) is 0 Å². The number of nitrogens with zero attached hydrogens (tertiary/aromatic N) is 1. The molecule has 0 aliphatic heterocycles. The van der Waals surface area contributed by atoms with Crippen LogP contribution in [0.4, 0.5) is 8.78 Å². The Morgan fingerprint density at radius 1 is 1.16 bits per heavy atom. The second-order valence-electron chi connectivity index (χ2n) is 5.11. The zero-order valence-corrected chi connectivity index (χ0v) is 10.8. The van der Waals surface area contributed by atoms with Crippen molar-refractivity contribution in [3.05, 3.63) is 35.4 Å². The number of hydrogen-bond donors (Lipinski definition) is 1. The van der Waals surface area contributed by atoms with E-state index in [1.165, 1.54) is 12.5 Å². The van der Waals surface area contributed by atoms with Gasteiger partial charge in [-0.05, 0) is 30.5 Å². The molecule has 0 aromatic heterocycles. The van der Waals surface area contributed by atoms with E-state index in [0.29, 0.717) is 12.1 Å². The van der Waals surface area contributed by atoms with E-state index in [4.69, 9.17) is 5.26 Å². The highest BCUT2D eigenvalue weighted by Crippen LogP contribution is 2.23. The first-order chi connectivity index (χ1) is 9.20. The molecule has 1 saturated carbocycles. The van der Waals surface area contributed by atoms with Crippen LogP contribution in [0.3, 0.4) is 0 Å². The van der Waals surface area contributed by atoms with Gasteiger partial charge in [0.05, 0.1) is 12.0 Å². The third-order valence-electron chi connectivity index (χ3n) is 3.73. The van der Waals surface area contributed by atoms with Gasteiger partial charge in [0.25, 0.3) is 0 Å². The van der Waals surface area contributed by atoms with Crippen molar-refractivity contribution < 1.29 is 8.78 Å². The lowest BCUT2D eigenvalue weighted by Crippen LogP contribution is -2.34. The first-order valence-electron chi connectivity index (χ1n) is 6.77. The maximum Gasteiger partial charge on any atom is 0.159 e. The van der Waals surface area contributed by atoms with Crippen LogP contribution < -0.4 is 5.32 Å². The topological polar surface area (TPSA) is 35.8 Å². The van der Waals surface area contributed by atoms with Crippen LogP contribution in [0.15, 0.2) is 18.2 Å². The molecule has 1 N–H and O–H groups in total. The van der Waals surface area contributed by atoms with E-state index in [1.54, 1.807) is 6.07 Å². The van der Waals surface area contributed by atoms with Crippen LogP contribution in [0, 0.1) is 28.9 Å². The van der Waals surface area contributed by atoms with Crippen LogP contribution in [0.1, 0.15) is 37.7 Å². The van der Waals surface area contributed by atoms with Gasteiger partial charge in [0.2, 0.25) is 0 Å². The Labute approximate surface area is 112 Å². The molecule has 0 bridgehead atoms. The first kappa shape index (κ1) is 14.0. The smallest absolute Gasteiger partial charge is 0.159 e. The van der Waals surface area contributed by atoms with Crippen molar-refractivity contribution in [1.82, 2.24) is 5.32 Å². The molecule has 0 spiro atoms. The minimum atomic E-state index is -0.826. The normalized spacial score (nSPS) is 23.6. The molecular weight excluding hydrogens is 246 g/mol. The summed E-state index contributed by atoms with van der Waals surface area (Å²) < 4.78 is 25.9. The summed E-state index contributed by atoms with van der Waals surface area (Å²) in [6.45, 7) is 0.472. The Kier molecular flexibility index (Phi) is 4.86. The summed E-state index contributed by atoms with van der Waals surface area (Å²) >= 11 is 0. The van der Waals surface area contributed by atoms with Crippen molar-refractivity contribution in [3.63, 3.8) is 0 Å². The summed E-state index contributed by atoms with van der Waals surface area (Å²) in [4.78, 5) is 0. The van der Waals surface area contributed by atoms with E-state index in [2.05, 4.69) is 11.4 Å². The summed E-state index contributed by atoms with van der Waals surface area (Å²) in [5.41, 5.74) is 0.708. The van der Waals surface area contributed by atoms with Gasteiger partial charge in [-0.2, -0.15) is 5.26 Å². The molecule has 2 rings (SSSR count). The van der Waals surface area contributed by atoms with E-state index in [1.807, 2.05) is 0 Å². The number of hydrogen-bond acceptors (Lipinski definition) is 2. The van der Waals surface area contributed by atoms with Crippen LogP contribution in [0.5, 0.6) is 0 Å². The van der Waals surface area contributed by atoms with Gasteiger partial charge in [0.15, 0.2) is 11.6 Å². The summed E-state index contributed by atoms with van der Waals surface area (Å²) in [7, 11) is 0. The fourth-order valence-electron chi connectivity index (χ4n) is 2.61. The predicted octanol–water partition coefficient (Wildman–Crippen LogP) is 3.53. The highest BCUT2D eigenvalue weighted by Gasteiger charge is 2.22. The van der Waals surface area contributed by atoms with Crippen LogP contribution >= 0.6 is 0 Å². The molecule has 1 fully saturated rings. The summed E-state index contributed by atoms with van der Waals surface area (Å²) in [5, 5.41) is 12.5. The maximum atomic E-state index is 13.1. The second-order valence-corrected chi connectivity index (χ2v) is 5.11. The van der Waals surface area contributed by atoms with Crippen molar-refractivity contribution in [1.29, 1.82) is 5.26 Å². The number of nitrogens with one attached hydrogen (secondary N) is 1. The summed E-state index contributed by atoms with van der Waals surface area (Å²) in [6.07, 6.45) is 5.28. The fourth-order valence-corrected chi connectivity index (χ4v) is 2.61. The molecule has 0 radical (unpaired) electrons. The standard InChI is InChI=1S/C15H18F2N2/c16-13-7-6-11(8-14(13)17)10-19-15-5-3-1-2-4-12(15)9-18/h6-8,12,15,19H,1-5,10H2. The van der Waals surface area contributed by atoms with Crippen molar-refractivity contribution in [2.45, 2.75) is 44.7 Å². The third-order valence-corrected chi connectivity index (χ3v) is 3.73. The Bertz CT molecular complexity index is 468. The SMILES string of the molecule is N#CC1CCCCCC1NCc1ccc(F)c(F)c1. The Morgan fingerprint density at radius 3 is 2.68 bits per heavy atom. The molecule has 0 heterocycles. The highest BCUT2D eigenvalue weighted by molar-refractivity contribution is 5.17. The van der Waals surface area contributed by atoms with Gasteiger partial charge < -0.3 is 5.32 Å². The van der Waals surface area contributed by atoms with Gasteiger partial charge in [-0.1, -0.05) is 25.3 Å². The van der Waals surface area contributed by atoms with Gasteiger partial charge in [-0.15, -0.1) is 0 Å². The Hall–Kier alpha value is -1.47. The van der Waals surface area contributed by atoms with Crippen molar-refractivity contribution >= 4 is 0 Å². The van der Waals surface area contributed by atoms with Crippen LogP contribution in [0.25, 0.3) is 0 Å². The molecule has 2 nitrogen and oxygen atoms in total. The van der Waals surface area contributed by atoms with E-state index in [-0.39, 0.29) is 12.0 Å². The number of rotatable bonds is 3. The zero-order valence-electron chi connectivity index (χ0n) is 10.8. The van der Waals surface area contributed by atoms with Gasteiger partial charge in [-0.25, -0.2) is 8.78 Å². The molecule has 1 aromatic carbocycles. The largest absolute Gasteiger partial charge is 0.309 e. The molecule has 2 unspecified atom stereocenters. The minimum absolute atomic E-state index is 0.0211. The van der Waals surface area contributed by atoms with Crippen LogP contribution in [0.2, 0.25) is 0 Å². The van der Waals surface area contributed by atoms with Gasteiger partial charge >= 0.3 is 0 Å². The molecule has 0 saturated heterocycles. The van der Waals surface area contributed by atoms with Crippen molar-refractivity contribution in [2.75, 3.05) is 0 Å². The number of nitriles is 1. The molecule has 19 heavy (non-hydrogen) atoms. The third kappa shape index (κ3) is 3.74. The summed E-state index contributed by atoms with van der Waals surface area (Å²) in [5.74, 6) is -1.63. The molecular formula is C15H18F2N2. The van der Waals surface area contributed by atoms with Crippen LogP contribution in [-0.2, 0) is 6.54 Å². The first-order valence-corrected chi connectivity index (χ1v) is 6.77. The van der Waals surface area contributed by atoms with Gasteiger partial charge in [0, 0.05) is 12.6 Å². The van der Waals surface area contributed by atoms with E-state index >= 15 is 0 Å².